The number of fused-ring (bicyclic) bond motifs is 2. The van der Waals surface area contributed by atoms with Gasteiger partial charge in [-0.1, -0.05) is 134 Å². The number of aliphatic hydroxyl groups excluding tert-OH is 1. The summed E-state index contributed by atoms with van der Waals surface area (Å²) in [5.41, 5.74) is 2.65. The van der Waals surface area contributed by atoms with Gasteiger partial charge in [-0.15, -0.1) is 0 Å². The fourth-order valence-electron chi connectivity index (χ4n) is 6.98. The van der Waals surface area contributed by atoms with E-state index in [9.17, 15) is 14.7 Å². The molecule has 2 bridgehead atoms. The van der Waals surface area contributed by atoms with E-state index in [1.807, 2.05) is 38.1 Å². The lowest BCUT2D eigenvalue weighted by Crippen LogP contribution is -2.28. The third-order valence-corrected chi connectivity index (χ3v) is 10.1. The van der Waals surface area contributed by atoms with E-state index in [4.69, 9.17) is 9.78 Å². The van der Waals surface area contributed by atoms with Crippen LogP contribution in [0.2, 0.25) is 0 Å². The van der Waals surface area contributed by atoms with E-state index in [1.165, 1.54) is 11.1 Å². The van der Waals surface area contributed by atoms with Gasteiger partial charge in [0.15, 0.2) is 0 Å². The average Bonchev–Trinajstić information content (AvgIpc) is 3.84. The average molecular weight is 779 g/mol. The number of aryl methyl sites for hydroxylation is 2. The maximum Gasteiger partial charge on any atom is 0.219 e. The fraction of sp³-hybridized carbons (Fsp3) is 0.480. The van der Waals surface area contributed by atoms with E-state index in [1.54, 1.807) is 0 Å². The predicted molar refractivity (Wildman–Crippen MR) is 235 cm³/mol. The quantitative estimate of drug-likeness (QED) is 0.0502. The Labute approximate surface area is 344 Å². The van der Waals surface area contributed by atoms with Crippen molar-refractivity contribution in [2.24, 2.45) is 11.8 Å². The minimum atomic E-state index is -0.448. The largest absolute Gasteiger partial charge is 0.389 e. The number of carbonyl (C=O) groups excluding carboxylic acids is 2. The van der Waals surface area contributed by atoms with Crippen LogP contribution >= 0.6 is 0 Å². The summed E-state index contributed by atoms with van der Waals surface area (Å²) in [6.45, 7) is 5.30. The van der Waals surface area contributed by atoms with E-state index < -0.39 is 6.10 Å². The second-order valence-electron chi connectivity index (χ2n) is 14.7. The van der Waals surface area contributed by atoms with Crippen molar-refractivity contribution in [1.29, 1.82) is 0 Å². The van der Waals surface area contributed by atoms with E-state index in [0.717, 1.165) is 90.0 Å². The molecule has 1 aliphatic carbocycles. The van der Waals surface area contributed by atoms with Crippen LogP contribution in [0.3, 0.4) is 0 Å². The van der Waals surface area contributed by atoms with Crippen molar-refractivity contribution in [1.82, 2.24) is 10.6 Å². The second-order valence-corrected chi connectivity index (χ2v) is 14.7. The van der Waals surface area contributed by atoms with Crippen LogP contribution in [0, 0.1) is 11.8 Å². The number of hydrogen-bond acceptors (Lipinski definition) is 5. The van der Waals surface area contributed by atoms with Crippen LogP contribution in [-0.2, 0) is 32.2 Å². The Bertz CT molecular complexity index is 1530. The third-order valence-electron chi connectivity index (χ3n) is 10.1. The van der Waals surface area contributed by atoms with Crippen molar-refractivity contribution in [3.63, 3.8) is 0 Å². The maximum absolute atomic E-state index is 11.5. The summed E-state index contributed by atoms with van der Waals surface area (Å²) >= 11 is 0. The van der Waals surface area contributed by atoms with E-state index >= 15 is 0 Å². The molecule has 1 saturated carbocycles. The smallest absolute Gasteiger partial charge is 0.219 e. The van der Waals surface area contributed by atoms with Crippen LogP contribution in [0.15, 0.2) is 134 Å². The van der Waals surface area contributed by atoms with Gasteiger partial charge in [-0.25, -0.2) is 9.78 Å². The van der Waals surface area contributed by atoms with Gasteiger partial charge < -0.3 is 15.7 Å². The molecule has 0 aromatic heterocycles. The molecule has 5 atom stereocenters. The lowest BCUT2D eigenvalue weighted by atomic mass is 9.89. The number of allylic oxidation sites excluding steroid dienone is 10. The number of hydrogen-bond donors (Lipinski definition) is 3. The van der Waals surface area contributed by atoms with Gasteiger partial charge in [-0.3, -0.25) is 9.59 Å². The summed E-state index contributed by atoms with van der Waals surface area (Å²) < 4.78 is 0. The Balaban J connectivity index is 0.000000308. The molecule has 1 heterocycles. The Morgan fingerprint density at radius 3 is 1.72 bits per heavy atom. The standard InChI is InChI=1S/C25H35NO4.C25H35NO/c1-2-26-25(28)13-9-4-3-8-12-21-22(24-18-23(21)29-30-24)17-16-20(27)15-14-19-10-6-5-7-11-19;1-2-26-25(27)23-19-14-12-10-8-6-4-3-5-7-9-11-13-16-20-24-21-17-15-18-22-24/h3,5-8,10-11,16-17,20-24,27H,2,4,9,12-15,18H2,1H3,(H,26,28);4-7,10-13,15,17-18,21-22H,2-3,8-9,14,16,19-20,23H2,1H3,(H,26,27)/b8-3-,17-16+;6-4-,7-5-,12-10-,13-11-/t20-,21+,22+,23-,24+;/m0./s1. The first-order valence-corrected chi connectivity index (χ1v) is 21.5. The highest BCUT2D eigenvalue weighted by atomic mass is 17.2. The Morgan fingerprint density at radius 2 is 1.16 bits per heavy atom. The zero-order valence-corrected chi connectivity index (χ0v) is 34.7. The van der Waals surface area contributed by atoms with E-state index in [-0.39, 0.29) is 29.9 Å². The maximum atomic E-state index is 11.5. The molecule has 2 fully saturated rings. The van der Waals surface area contributed by atoms with Gasteiger partial charge in [0, 0.05) is 44.2 Å². The molecule has 0 unspecified atom stereocenters. The summed E-state index contributed by atoms with van der Waals surface area (Å²) in [5.74, 6) is 0.931. The summed E-state index contributed by atoms with van der Waals surface area (Å²) in [6, 6.07) is 20.9. The molecule has 57 heavy (non-hydrogen) atoms. The third kappa shape index (κ3) is 21.7. The van der Waals surface area contributed by atoms with Crippen LogP contribution in [0.5, 0.6) is 0 Å². The molecule has 2 aromatic rings. The fourth-order valence-corrected chi connectivity index (χ4v) is 6.98. The van der Waals surface area contributed by atoms with Gasteiger partial charge in [0.25, 0.3) is 0 Å². The normalized spacial score (nSPS) is 19.7. The number of aliphatic hydroxyl groups is 1. The van der Waals surface area contributed by atoms with Crippen molar-refractivity contribution < 1.29 is 24.5 Å². The molecule has 310 valence electrons. The molecule has 2 amide bonds. The van der Waals surface area contributed by atoms with Crippen LogP contribution in [0.4, 0.5) is 0 Å². The zero-order chi connectivity index (χ0) is 40.6. The molecule has 7 heteroatoms. The minimum Gasteiger partial charge on any atom is -0.389 e. The molecular weight excluding hydrogens is 709 g/mol. The number of rotatable bonds is 26. The lowest BCUT2D eigenvalue weighted by molar-refractivity contribution is -0.336. The first kappa shape index (κ1) is 47.1. The van der Waals surface area contributed by atoms with E-state index in [0.29, 0.717) is 25.3 Å². The number of benzene rings is 2. The summed E-state index contributed by atoms with van der Waals surface area (Å²) in [4.78, 5) is 33.7. The number of unbranched alkanes of at least 4 members (excludes halogenated alkanes) is 2. The highest BCUT2D eigenvalue weighted by Crippen LogP contribution is 2.45. The topological polar surface area (TPSA) is 96.9 Å². The monoisotopic (exact) mass is 779 g/mol. The molecular formula is C50H70N2O5. The number of carbonyl (C=O) groups is 2. The molecule has 1 saturated heterocycles. The SMILES string of the molecule is CCNC(=O)CCC/C=C\C/C=C\C/C=C\C/C=C\CCc1ccccc1.CCNC(=O)CCC/C=C\C[C@@H]1[C@@H](/C=C/[C@@H](O)CCc2ccccc2)[C@H]2C[C@@H]1OO2. The minimum absolute atomic E-state index is 0.0868. The summed E-state index contributed by atoms with van der Waals surface area (Å²) in [6.07, 6.45) is 39.4. The molecule has 2 aliphatic rings. The van der Waals surface area contributed by atoms with E-state index in [2.05, 4.69) is 120 Å². The molecule has 7 nitrogen and oxygen atoms in total. The predicted octanol–water partition coefficient (Wildman–Crippen LogP) is 10.4. The number of nitrogens with one attached hydrogen (secondary N) is 2. The summed E-state index contributed by atoms with van der Waals surface area (Å²) in [5, 5.41) is 16.0. The number of amides is 2. The lowest BCUT2D eigenvalue weighted by Gasteiger charge is -2.27. The van der Waals surface area contributed by atoms with Crippen molar-refractivity contribution >= 4 is 11.8 Å². The summed E-state index contributed by atoms with van der Waals surface area (Å²) in [7, 11) is 0. The second kappa shape index (κ2) is 30.8. The molecule has 3 N–H and O–H groups in total. The highest BCUT2D eigenvalue weighted by Gasteiger charge is 2.49. The first-order valence-electron chi connectivity index (χ1n) is 21.5. The Hall–Kier alpha value is -4.30. The molecule has 2 aromatic carbocycles. The Morgan fingerprint density at radius 1 is 0.667 bits per heavy atom. The molecule has 0 radical (unpaired) electrons. The van der Waals surface area contributed by atoms with Crippen molar-refractivity contribution in [3.05, 3.63) is 145 Å². The van der Waals surface area contributed by atoms with Gasteiger partial charge >= 0.3 is 0 Å². The van der Waals surface area contributed by atoms with Crippen molar-refractivity contribution in [3.8, 4) is 0 Å². The molecule has 4 rings (SSSR count). The van der Waals surface area contributed by atoms with Gasteiger partial charge in [0.2, 0.25) is 11.8 Å². The first-order chi connectivity index (χ1) is 28.0. The van der Waals surface area contributed by atoms with Crippen LogP contribution in [0.1, 0.15) is 108 Å². The van der Waals surface area contributed by atoms with Crippen LogP contribution in [-0.4, -0.2) is 48.3 Å². The zero-order valence-electron chi connectivity index (χ0n) is 34.7. The van der Waals surface area contributed by atoms with Crippen LogP contribution in [0.25, 0.3) is 0 Å². The molecule has 1 aliphatic heterocycles. The highest BCUT2D eigenvalue weighted by molar-refractivity contribution is 5.76. The molecule has 0 spiro atoms. The Kier molecular flexibility index (Phi) is 25.4. The van der Waals surface area contributed by atoms with Crippen LogP contribution < -0.4 is 10.6 Å². The van der Waals surface area contributed by atoms with Gasteiger partial charge in [0.1, 0.15) is 6.10 Å². The van der Waals surface area contributed by atoms with Gasteiger partial charge in [-0.05, 0) is 102 Å². The van der Waals surface area contributed by atoms with Crippen molar-refractivity contribution in [2.75, 3.05) is 13.1 Å². The van der Waals surface area contributed by atoms with Crippen molar-refractivity contribution in [2.45, 2.75) is 128 Å². The van der Waals surface area contributed by atoms with Gasteiger partial charge in [-0.2, -0.15) is 0 Å². The van der Waals surface area contributed by atoms with Gasteiger partial charge in [0.05, 0.1) is 12.2 Å².